The molecule has 2 N–H and O–H groups in total. The zero-order chi connectivity index (χ0) is 14.7. The fourth-order valence-electron chi connectivity index (χ4n) is 2.96. The van der Waals surface area contributed by atoms with Crippen molar-refractivity contribution in [2.75, 3.05) is 6.61 Å². The van der Waals surface area contributed by atoms with Crippen molar-refractivity contribution in [3.05, 3.63) is 28.2 Å². The summed E-state index contributed by atoms with van der Waals surface area (Å²) in [6.07, 6.45) is 7.71. The summed E-state index contributed by atoms with van der Waals surface area (Å²) in [5, 5.41) is 14.1. The Balaban J connectivity index is 1.64. The van der Waals surface area contributed by atoms with Crippen molar-refractivity contribution in [1.29, 1.82) is 0 Å². The number of hydrogen-bond acceptors (Lipinski definition) is 3. The molecule has 2 aliphatic carbocycles. The second-order valence-electron chi connectivity index (χ2n) is 6.46. The summed E-state index contributed by atoms with van der Waals surface area (Å²) >= 11 is 3.58. The molecular weight excluding hydrogens is 330 g/mol. The fourth-order valence-corrected chi connectivity index (χ4v) is 3.48. The van der Waals surface area contributed by atoms with Gasteiger partial charge < -0.3 is 15.2 Å². The van der Waals surface area contributed by atoms with Gasteiger partial charge in [0, 0.05) is 18.2 Å². The number of hydrogen-bond donors (Lipinski definition) is 2. The van der Waals surface area contributed by atoms with Crippen LogP contribution >= 0.6 is 15.9 Å². The Morgan fingerprint density at radius 3 is 2.71 bits per heavy atom. The molecule has 0 heterocycles. The van der Waals surface area contributed by atoms with Crippen molar-refractivity contribution in [3.63, 3.8) is 0 Å². The fraction of sp³-hybridized carbons (Fsp3) is 0.647. The lowest BCUT2D eigenvalue weighted by atomic mass is 9.85. The topological polar surface area (TPSA) is 41.5 Å². The normalized spacial score (nSPS) is 21.2. The number of aliphatic hydroxyl groups is 1. The molecule has 3 rings (SSSR count). The van der Waals surface area contributed by atoms with Crippen LogP contribution in [0.4, 0.5) is 0 Å². The average Bonchev–Trinajstić information content (AvgIpc) is 3.29. The lowest BCUT2D eigenvalue weighted by Gasteiger charge is -2.32. The molecule has 0 aliphatic heterocycles. The molecule has 0 radical (unpaired) electrons. The molecule has 2 saturated carbocycles. The van der Waals surface area contributed by atoms with Crippen molar-refractivity contribution in [1.82, 2.24) is 5.32 Å². The summed E-state index contributed by atoms with van der Waals surface area (Å²) in [6, 6.07) is 6.82. The SMILES string of the molecule is OC1(COc2c(Br)cccc2CNC2CC2)CCCCC1. The molecule has 1 aromatic carbocycles. The minimum Gasteiger partial charge on any atom is -0.489 e. The summed E-state index contributed by atoms with van der Waals surface area (Å²) in [6.45, 7) is 1.23. The zero-order valence-electron chi connectivity index (χ0n) is 12.4. The Morgan fingerprint density at radius 2 is 2.00 bits per heavy atom. The molecule has 0 amide bonds. The molecule has 0 aromatic heterocycles. The van der Waals surface area contributed by atoms with E-state index in [0.717, 1.165) is 48.0 Å². The first-order valence-electron chi connectivity index (χ1n) is 8.02. The van der Waals surface area contributed by atoms with Gasteiger partial charge in [0.15, 0.2) is 0 Å². The Bertz CT molecular complexity index is 482. The van der Waals surface area contributed by atoms with Crippen LogP contribution in [-0.2, 0) is 6.54 Å². The summed E-state index contributed by atoms with van der Waals surface area (Å²) in [5.74, 6) is 0.879. The van der Waals surface area contributed by atoms with E-state index in [4.69, 9.17) is 4.74 Å². The first-order chi connectivity index (χ1) is 10.2. The van der Waals surface area contributed by atoms with E-state index in [9.17, 15) is 5.11 Å². The van der Waals surface area contributed by atoms with Crippen LogP contribution in [0.25, 0.3) is 0 Å². The van der Waals surface area contributed by atoms with Crippen LogP contribution in [-0.4, -0.2) is 23.4 Å². The Hall–Kier alpha value is -0.580. The quantitative estimate of drug-likeness (QED) is 0.817. The molecule has 4 heteroatoms. The third-order valence-corrected chi connectivity index (χ3v) is 5.10. The van der Waals surface area contributed by atoms with Crippen molar-refractivity contribution in [3.8, 4) is 5.75 Å². The largest absolute Gasteiger partial charge is 0.489 e. The highest BCUT2D eigenvalue weighted by Gasteiger charge is 2.30. The van der Waals surface area contributed by atoms with Crippen molar-refractivity contribution in [2.45, 2.75) is 63.1 Å². The molecule has 0 unspecified atom stereocenters. The summed E-state index contributed by atoms with van der Waals surface area (Å²) in [4.78, 5) is 0. The molecular formula is C17H24BrNO2. The minimum atomic E-state index is -0.644. The molecule has 116 valence electrons. The number of benzene rings is 1. The molecule has 0 atom stereocenters. The maximum atomic E-state index is 10.6. The third kappa shape index (κ3) is 4.21. The van der Waals surface area contributed by atoms with Gasteiger partial charge in [-0.25, -0.2) is 0 Å². The summed E-state index contributed by atoms with van der Waals surface area (Å²) in [7, 11) is 0. The van der Waals surface area contributed by atoms with E-state index in [0.29, 0.717) is 12.6 Å². The van der Waals surface area contributed by atoms with E-state index in [1.807, 2.05) is 12.1 Å². The maximum absolute atomic E-state index is 10.6. The predicted octanol–water partition coefficient (Wildman–Crippen LogP) is 3.78. The highest BCUT2D eigenvalue weighted by molar-refractivity contribution is 9.10. The van der Waals surface area contributed by atoms with E-state index >= 15 is 0 Å². The second-order valence-corrected chi connectivity index (χ2v) is 7.31. The van der Waals surface area contributed by atoms with E-state index in [1.54, 1.807) is 0 Å². The van der Waals surface area contributed by atoms with Crippen LogP contribution < -0.4 is 10.1 Å². The number of rotatable bonds is 6. The summed E-state index contributed by atoms with van der Waals surface area (Å²) < 4.78 is 7.00. The molecule has 1 aromatic rings. The van der Waals surface area contributed by atoms with E-state index < -0.39 is 5.60 Å². The van der Waals surface area contributed by atoms with Gasteiger partial charge in [-0.1, -0.05) is 31.4 Å². The summed E-state index contributed by atoms with van der Waals surface area (Å²) in [5.41, 5.74) is 0.519. The van der Waals surface area contributed by atoms with E-state index in [1.165, 1.54) is 19.3 Å². The number of ether oxygens (including phenoxy) is 1. The molecule has 0 saturated heterocycles. The first-order valence-corrected chi connectivity index (χ1v) is 8.82. The minimum absolute atomic E-state index is 0.395. The van der Waals surface area contributed by atoms with Crippen LogP contribution in [0.15, 0.2) is 22.7 Å². The number of halogens is 1. The van der Waals surface area contributed by atoms with Gasteiger partial charge >= 0.3 is 0 Å². The number of para-hydroxylation sites is 1. The molecule has 2 fully saturated rings. The smallest absolute Gasteiger partial charge is 0.138 e. The predicted molar refractivity (Wildman–Crippen MR) is 87.5 cm³/mol. The highest BCUT2D eigenvalue weighted by atomic mass is 79.9. The van der Waals surface area contributed by atoms with Crippen molar-refractivity contribution in [2.24, 2.45) is 0 Å². The molecule has 0 bridgehead atoms. The molecule has 0 spiro atoms. The van der Waals surface area contributed by atoms with Gasteiger partial charge in [-0.05, 0) is 47.7 Å². The average molecular weight is 354 g/mol. The van der Waals surface area contributed by atoms with E-state index in [-0.39, 0.29) is 0 Å². The Morgan fingerprint density at radius 1 is 1.24 bits per heavy atom. The third-order valence-electron chi connectivity index (χ3n) is 4.48. The Labute approximate surface area is 135 Å². The molecule has 2 aliphatic rings. The monoisotopic (exact) mass is 353 g/mol. The van der Waals surface area contributed by atoms with E-state index in [2.05, 4.69) is 27.3 Å². The van der Waals surface area contributed by atoms with Gasteiger partial charge in [0.25, 0.3) is 0 Å². The van der Waals surface area contributed by atoms with Gasteiger partial charge in [-0.3, -0.25) is 0 Å². The van der Waals surface area contributed by atoms with Crippen LogP contribution in [0.3, 0.4) is 0 Å². The van der Waals surface area contributed by atoms with Gasteiger partial charge in [0.1, 0.15) is 12.4 Å². The first kappa shape index (κ1) is 15.3. The van der Waals surface area contributed by atoms with Gasteiger partial charge in [0.05, 0.1) is 10.1 Å². The van der Waals surface area contributed by atoms with Crippen LogP contribution in [0.2, 0.25) is 0 Å². The Kier molecular flexibility index (Phi) is 4.87. The van der Waals surface area contributed by atoms with Gasteiger partial charge in [0.2, 0.25) is 0 Å². The standard InChI is InChI=1S/C17H24BrNO2/c18-15-6-4-5-13(11-19-14-7-8-14)16(15)21-12-17(20)9-2-1-3-10-17/h4-6,14,19-20H,1-3,7-12H2. The lowest BCUT2D eigenvalue weighted by molar-refractivity contribution is -0.0343. The van der Waals surface area contributed by atoms with Gasteiger partial charge in [-0.2, -0.15) is 0 Å². The van der Waals surface area contributed by atoms with Crippen molar-refractivity contribution >= 4 is 15.9 Å². The van der Waals surface area contributed by atoms with Crippen LogP contribution in [0, 0.1) is 0 Å². The second kappa shape index (κ2) is 6.67. The zero-order valence-corrected chi connectivity index (χ0v) is 14.0. The lowest BCUT2D eigenvalue weighted by Crippen LogP contribution is -2.38. The number of nitrogens with one attached hydrogen (secondary N) is 1. The molecule has 3 nitrogen and oxygen atoms in total. The maximum Gasteiger partial charge on any atom is 0.138 e. The molecule has 21 heavy (non-hydrogen) atoms. The highest BCUT2D eigenvalue weighted by Crippen LogP contribution is 2.33. The van der Waals surface area contributed by atoms with Crippen LogP contribution in [0.5, 0.6) is 5.75 Å². The van der Waals surface area contributed by atoms with Crippen molar-refractivity contribution < 1.29 is 9.84 Å². The van der Waals surface area contributed by atoms with Gasteiger partial charge in [-0.15, -0.1) is 0 Å². The van der Waals surface area contributed by atoms with Crippen LogP contribution in [0.1, 0.15) is 50.5 Å².